The minimum atomic E-state index is -0.0512. The van der Waals surface area contributed by atoms with Crippen LogP contribution in [0.15, 0.2) is 72.8 Å². The van der Waals surface area contributed by atoms with E-state index in [9.17, 15) is 9.59 Å². The number of hydrogen-bond donors (Lipinski definition) is 0. The highest BCUT2D eigenvalue weighted by molar-refractivity contribution is 6.02. The van der Waals surface area contributed by atoms with E-state index in [1.807, 2.05) is 23.6 Å². The number of carbonyl (C=O) groups excluding carboxylic acids is 2. The maximum Gasteiger partial charge on any atom is 0.230 e. The number of amides is 2. The predicted octanol–water partition coefficient (Wildman–Crippen LogP) is 13.1. The van der Waals surface area contributed by atoms with E-state index in [1.54, 1.807) is 0 Å². The van der Waals surface area contributed by atoms with Crippen molar-refractivity contribution in [3.8, 4) is 33.4 Å². The highest BCUT2D eigenvalue weighted by atomic mass is 16.2. The molecule has 0 radical (unpaired) electrons. The molecule has 0 aliphatic carbocycles. The summed E-state index contributed by atoms with van der Waals surface area (Å²) in [7, 11) is 0. The van der Waals surface area contributed by atoms with Crippen molar-refractivity contribution >= 4 is 23.2 Å². The van der Waals surface area contributed by atoms with Crippen LogP contribution in [-0.4, -0.2) is 24.9 Å². The van der Waals surface area contributed by atoms with Crippen molar-refractivity contribution in [2.45, 2.75) is 132 Å². The molecule has 4 nitrogen and oxygen atoms in total. The fourth-order valence-corrected chi connectivity index (χ4v) is 8.04. The number of carbonyl (C=O) groups is 2. The molecule has 6 rings (SSSR count). The molecule has 0 bridgehead atoms. The van der Waals surface area contributed by atoms with E-state index < -0.39 is 0 Å². The highest BCUT2D eigenvalue weighted by Crippen LogP contribution is 2.43. The Morgan fingerprint density at radius 3 is 0.857 bits per heavy atom. The molecular weight excluding hydrogens is 685 g/mol. The Kier molecular flexibility index (Phi) is 10.6. The van der Waals surface area contributed by atoms with Crippen molar-refractivity contribution in [1.29, 1.82) is 0 Å². The molecule has 2 heterocycles. The van der Waals surface area contributed by atoms with Gasteiger partial charge in [0.15, 0.2) is 0 Å². The lowest BCUT2D eigenvalue weighted by molar-refractivity contribution is -0.121. The van der Waals surface area contributed by atoms with Crippen LogP contribution < -0.4 is 9.80 Å². The molecule has 4 unspecified atom stereocenters. The first kappa shape index (κ1) is 41.5. The molecule has 56 heavy (non-hydrogen) atoms. The van der Waals surface area contributed by atoms with Gasteiger partial charge in [0.2, 0.25) is 11.8 Å². The second kappa shape index (κ2) is 14.3. The smallest absolute Gasteiger partial charge is 0.230 e. The van der Waals surface area contributed by atoms with Gasteiger partial charge in [0, 0.05) is 36.3 Å². The first-order valence-electron chi connectivity index (χ1n) is 21.0. The quantitative estimate of drug-likeness (QED) is 0.204. The van der Waals surface area contributed by atoms with E-state index in [0.717, 1.165) is 33.6 Å². The van der Waals surface area contributed by atoms with Gasteiger partial charge in [-0.15, -0.1) is 0 Å². The lowest BCUT2D eigenvalue weighted by atomic mass is 9.78. The molecule has 2 saturated heterocycles. The number of rotatable bonds is 5. The van der Waals surface area contributed by atoms with Gasteiger partial charge in [0.25, 0.3) is 0 Å². The number of anilines is 2. The zero-order valence-electron chi connectivity index (χ0n) is 37.4. The first-order valence-corrected chi connectivity index (χ1v) is 21.0. The van der Waals surface area contributed by atoms with Crippen molar-refractivity contribution in [2.75, 3.05) is 22.9 Å². The molecule has 0 saturated carbocycles. The van der Waals surface area contributed by atoms with Crippen molar-refractivity contribution < 1.29 is 9.59 Å². The van der Waals surface area contributed by atoms with Gasteiger partial charge in [-0.2, -0.15) is 0 Å². The summed E-state index contributed by atoms with van der Waals surface area (Å²) in [6.07, 6.45) is 0. The van der Waals surface area contributed by atoms with Crippen LogP contribution in [0.25, 0.3) is 33.4 Å². The number of hydrogen-bond acceptors (Lipinski definition) is 2. The maximum absolute atomic E-state index is 13.7. The lowest BCUT2D eigenvalue weighted by Crippen LogP contribution is -2.28. The standard InChI is InChI=1S/C52H68N2O2/c1-31-29-53(47(55)33(31)3)45-24-40(25-46(28-45)54-30-32(2)34(4)48(54)56)37-18-35(38-20-41(49(5,6)7)26-42(21-38)50(8,9)10)17-36(19-37)39-22-43(51(11,12)13)27-44(23-39)52(14,15)16/h17-28,31-34H,29-30H2,1-16H3. The monoisotopic (exact) mass is 753 g/mol. The van der Waals surface area contributed by atoms with Crippen molar-refractivity contribution in [3.05, 3.63) is 95.1 Å². The molecular formula is C52H68N2O2. The van der Waals surface area contributed by atoms with Crippen LogP contribution in [0.5, 0.6) is 0 Å². The normalized spacial score (nSPS) is 21.1. The third-order valence-electron chi connectivity index (χ3n) is 12.7. The largest absolute Gasteiger partial charge is 0.312 e. The van der Waals surface area contributed by atoms with Crippen molar-refractivity contribution in [1.82, 2.24) is 0 Å². The molecule has 4 aromatic carbocycles. The second-order valence-electron chi connectivity index (χ2n) is 21.6. The van der Waals surface area contributed by atoms with Gasteiger partial charge in [0.05, 0.1) is 0 Å². The van der Waals surface area contributed by atoms with Crippen LogP contribution in [0.3, 0.4) is 0 Å². The Balaban J connectivity index is 1.67. The molecule has 2 aliphatic rings. The van der Waals surface area contributed by atoms with Crippen LogP contribution in [-0.2, 0) is 31.2 Å². The molecule has 0 spiro atoms. The summed E-state index contributed by atoms with van der Waals surface area (Å²) in [5.74, 6) is 0.683. The summed E-state index contributed by atoms with van der Waals surface area (Å²) < 4.78 is 0. The van der Waals surface area contributed by atoms with E-state index in [4.69, 9.17) is 0 Å². The van der Waals surface area contributed by atoms with E-state index >= 15 is 0 Å². The Morgan fingerprint density at radius 2 is 0.625 bits per heavy atom. The van der Waals surface area contributed by atoms with E-state index in [2.05, 4.69) is 170 Å². The van der Waals surface area contributed by atoms with E-state index in [-0.39, 0.29) is 57.1 Å². The van der Waals surface area contributed by atoms with E-state index in [0.29, 0.717) is 13.1 Å². The van der Waals surface area contributed by atoms with Gasteiger partial charge in [-0.25, -0.2) is 0 Å². The fraction of sp³-hybridized carbons (Fsp3) is 0.500. The van der Waals surface area contributed by atoms with Gasteiger partial charge in [-0.05, 0) is 126 Å². The van der Waals surface area contributed by atoms with Crippen LogP contribution in [0, 0.1) is 23.7 Å². The van der Waals surface area contributed by atoms with Gasteiger partial charge < -0.3 is 9.80 Å². The highest BCUT2D eigenvalue weighted by Gasteiger charge is 2.38. The summed E-state index contributed by atoms with van der Waals surface area (Å²) in [5.41, 5.74) is 13.6. The molecule has 2 amide bonds. The Hall–Kier alpha value is -4.18. The lowest BCUT2D eigenvalue weighted by Gasteiger charge is -2.27. The zero-order chi connectivity index (χ0) is 41.4. The third-order valence-corrected chi connectivity index (χ3v) is 12.7. The van der Waals surface area contributed by atoms with Gasteiger partial charge in [-0.1, -0.05) is 147 Å². The molecule has 2 fully saturated rings. The van der Waals surface area contributed by atoms with Crippen LogP contribution in [0.4, 0.5) is 11.4 Å². The third kappa shape index (κ3) is 8.27. The summed E-state index contributed by atoms with van der Waals surface area (Å²) in [6, 6.07) is 27.7. The Morgan fingerprint density at radius 1 is 0.375 bits per heavy atom. The molecule has 4 heteroatoms. The molecule has 2 aliphatic heterocycles. The second-order valence-corrected chi connectivity index (χ2v) is 21.6. The van der Waals surface area contributed by atoms with E-state index in [1.165, 1.54) is 33.4 Å². The topological polar surface area (TPSA) is 40.6 Å². The molecule has 4 aromatic rings. The van der Waals surface area contributed by atoms with Gasteiger partial charge >= 0.3 is 0 Å². The number of benzene rings is 4. The Labute approximate surface area is 339 Å². The predicted molar refractivity (Wildman–Crippen MR) is 239 cm³/mol. The summed E-state index contributed by atoms with van der Waals surface area (Å²) in [5, 5.41) is 0. The summed E-state index contributed by atoms with van der Waals surface area (Å²) in [4.78, 5) is 31.4. The van der Waals surface area contributed by atoms with Crippen LogP contribution in [0.1, 0.15) is 133 Å². The minimum Gasteiger partial charge on any atom is -0.312 e. The summed E-state index contributed by atoms with van der Waals surface area (Å²) >= 11 is 0. The van der Waals surface area contributed by atoms with Gasteiger partial charge in [0.1, 0.15) is 0 Å². The molecule has 298 valence electrons. The Bertz CT molecular complexity index is 1950. The zero-order valence-corrected chi connectivity index (χ0v) is 37.4. The summed E-state index contributed by atoms with van der Waals surface area (Å²) in [6.45, 7) is 37.2. The maximum atomic E-state index is 13.7. The first-order chi connectivity index (χ1) is 25.7. The van der Waals surface area contributed by atoms with Crippen LogP contribution in [0.2, 0.25) is 0 Å². The fourth-order valence-electron chi connectivity index (χ4n) is 8.04. The SMILES string of the molecule is CC1CN(c2cc(-c3cc(-c4cc(C(C)(C)C)cc(C(C)(C)C)c4)cc(-c4cc(C(C)(C)C)cc(C(C)(C)C)c4)c3)cc(N3CC(C)C(C)C3=O)c2)C(=O)C1C. The van der Waals surface area contributed by atoms with Crippen LogP contribution >= 0.6 is 0 Å². The molecule has 4 atom stereocenters. The number of nitrogens with zero attached hydrogens (tertiary/aromatic N) is 2. The molecule has 0 aromatic heterocycles. The minimum absolute atomic E-state index is 0.0323. The van der Waals surface area contributed by atoms with Gasteiger partial charge in [-0.3, -0.25) is 9.59 Å². The average Bonchev–Trinajstić information content (AvgIpc) is 3.53. The average molecular weight is 753 g/mol. The van der Waals surface area contributed by atoms with Crippen molar-refractivity contribution in [3.63, 3.8) is 0 Å². The van der Waals surface area contributed by atoms with Crippen molar-refractivity contribution in [2.24, 2.45) is 23.7 Å². The molecule has 0 N–H and O–H groups in total.